The van der Waals surface area contributed by atoms with Crippen molar-refractivity contribution in [1.29, 1.82) is 0 Å². The Bertz CT molecular complexity index is 1020. The molecule has 1 N–H and O–H groups in total. The molecule has 28 heavy (non-hydrogen) atoms. The third-order valence-electron chi connectivity index (χ3n) is 4.55. The summed E-state index contributed by atoms with van der Waals surface area (Å²) in [5.41, 5.74) is 0.791. The molecule has 3 aromatic rings. The van der Waals surface area contributed by atoms with Crippen LogP contribution in [0.4, 0.5) is 0 Å². The van der Waals surface area contributed by atoms with Gasteiger partial charge >= 0.3 is 0 Å². The van der Waals surface area contributed by atoms with Gasteiger partial charge in [-0.25, -0.2) is 18.1 Å². The lowest BCUT2D eigenvalue weighted by Crippen LogP contribution is -2.46. The quantitative estimate of drug-likeness (QED) is 0.620. The van der Waals surface area contributed by atoms with Crippen molar-refractivity contribution in [1.82, 2.24) is 14.6 Å². The summed E-state index contributed by atoms with van der Waals surface area (Å²) in [7, 11) is -3.46. The van der Waals surface area contributed by atoms with E-state index in [1.54, 1.807) is 45.1 Å². The SMILES string of the molecule is O=C(Cc1csc(-c2cccs2)n1)N1CCC(NS(=O)(=O)c2cccs2)CC1. The fourth-order valence-corrected chi connectivity index (χ4v) is 7.06. The van der Waals surface area contributed by atoms with E-state index in [0.29, 0.717) is 30.1 Å². The maximum Gasteiger partial charge on any atom is 0.250 e. The molecule has 0 bridgehead atoms. The lowest BCUT2D eigenvalue weighted by Gasteiger charge is -2.32. The van der Waals surface area contributed by atoms with Gasteiger partial charge in [0.2, 0.25) is 15.9 Å². The normalized spacial score (nSPS) is 15.8. The van der Waals surface area contributed by atoms with Crippen molar-refractivity contribution in [3.05, 3.63) is 46.1 Å². The van der Waals surface area contributed by atoms with Crippen LogP contribution in [-0.2, 0) is 21.2 Å². The Labute approximate surface area is 175 Å². The first-order valence-electron chi connectivity index (χ1n) is 8.83. The molecule has 148 valence electrons. The van der Waals surface area contributed by atoms with Gasteiger partial charge in [0, 0.05) is 24.5 Å². The molecule has 0 aliphatic carbocycles. The standard InChI is InChI=1S/C18H19N3O3S4/c22-16(11-14-12-27-18(19-14)15-3-1-9-25-15)21-7-5-13(6-8-21)20-28(23,24)17-4-2-10-26-17/h1-4,9-10,12-13,20H,5-8,11H2. The fraction of sp³-hybridized carbons (Fsp3) is 0.333. The molecule has 0 atom stereocenters. The molecule has 0 spiro atoms. The number of thiophene rings is 2. The summed E-state index contributed by atoms with van der Waals surface area (Å²) < 4.78 is 27.8. The Balaban J connectivity index is 1.29. The molecule has 10 heteroatoms. The van der Waals surface area contributed by atoms with E-state index in [2.05, 4.69) is 9.71 Å². The Morgan fingerprint density at radius 2 is 1.89 bits per heavy atom. The number of carbonyl (C=O) groups excluding carboxylic acids is 1. The summed E-state index contributed by atoms with van der Waals surface area (Å²) in [6.45, 7) is 1.11. The second kappa shape index (κ2) is 8.42. The maximum atomic E-state index is 12.6. The molecule has 0 unspecified atom stereocenters. The van der Waals surface area contributed by atoms with E-state index in [-0.39, 0.29) is 18.4 Å². The number of thiazole rings is 1. The minimum Gasteiger partial charge on any atom is -0.342 e. The van der Waals surface area contributed by atoms with E-state index >= 15 is 0 Å². The molecule has 0 aromatic carbocycles. The maximum absolute atomic E-state index is 12.6. The predicted octanol–water partition coefficient (Wildman–Crippen LogP) is 3.45. The van der Waals surface area contributed by atoms with E-state index in [1.807, 2.05) is 22.9 Å². The van der Waals surface area contributed by atoms with Crippen LogP contribution < -0.4 is 4.72 Å². The van der Waals surface area contributed by atoms with Crippen LogP contribution in [-0.4, -0.2) is 43.3 Å². The first-order valence-corrected chi connectivity index (χ1v) is 13.0. The number of piperidine rings is 1. The third kappa shape index (κ3) is 4.52. The average Bonchev–Trinajstić information content (AvgIpc) is 3.43. The van der Waals surface area contributed by atoms with Crippen LogP contribution >= 0.6 is 34.0 Å². The van der Waals surface area contributed by atoms with Crippen molar-refractivity contribution in [2.45, 2.75) is 29.5 Å². The highest BCUT2D eigenvalue weighted by Crippen LogP contribution is 2.28. The highest BCUT2D eigenvalue weighted by atomic mass is 32.2. The molecule has 0 radical (unpaired) electrons. The number of aromatic nitrogens is 1. The number of amides is 1. The highest BCUT2D eigenvalue weighted by molar-refractivity contribution is 7.91. The van der Waals surface area contributed by atoms with Gasteiger partial charge in [-0.3, -0.25) is 4.79 Å². The van der Waals surface area contributed by atoms with Crippen molar-refractivity contribution in [2.24, 2.45) is 0 Å². The molecular weight excluding hydrogens is 434 g/mol. The van der Waals surface area contributed by atoms with Crippen molar-refractivity contribution >= 4 is 49.9 Å². The number of carbonyl (C=O) groups is 1. The van der Waals surface area contributed by atoms with E-state index < -0.39 is 10.0 Å². The van der Waals surface area contributed by atoms with Crippen LogP contribution in [0.15, 0.2) is 44.6 Å². The Morgan fingerprint density at radius 1 is 1.14 bits per heavy atom. The zero-order valence-corrected chi connectivity index (χ0v) is 18.2. The fourth-order valence-electron chi connectivity index (χ4n) is 3.11. The van der Waals surface area contributed by atoms with Crippen LogP contribution in [0.1, 0.15) is 18.5 Å². The van der Waals surface area contributed by atoms with Gasteiger partial charge in [-0.1, -0.05) is 12.1 Å². The second-order valence-electron chi connectivity index (χ2n) is 6.51. The molecule has 4 heterocycles. The minimum absolute atomic E-state index is 0.0441. The molecule has 1 amide bonds. The zero-order chi connectivity index (χ0) is 19.6. The average molecular weight is 454 g/mol. The van der Waals surface area contributed by atoms with Crippen molar-refractivity contribution < 1.29 is 13.2 Å². The lowest BCUT2D eigenvalue weighted by atomic mass is 10.1. The summed E-state index contributed by atoms with van der Waals surface area (Å²) >= 11 is 4.40. The number of sulfonamides is 1. The largest absolute Gasteiger partial charge is 0.342 e. The van der Waals surface area contributed by atoms with E-state index in [0.717, 1.165) is 15.6 Å². The minimum atomic E-state index is -3.46. The topological polar surface area (TPSA) is 79.4 Å². The number of hydrogen-bond acceptors (Lipinski definition) is 7. The molecule has 4 rings (SSSR count). The Morgan fingerprint density at radius 3 is 2.57 bits per heavy atom. The van der Waals surface area contributed by atoms with Gasteiger partial charge in [0.15, 0.2) is 0 Å². The van der Waals surface area contributed by atoms with Gasteiger partial charge in [-0.15, -0.1) is 34.0 Å². The van der Waals surface area contributed by atoms with Gasteiger partial charge in [-0.05, 0) is 35.7 Å². The number of nitrogens with one attached hydrogen (secondary N) is 1. The predicted molar refractivity (Wildman–Crippen MR) is 113 cm³/mol. The van der Waals surface area contributed by atoms with E-state index in [1.165, 1.54) is 11.3 Å². The highest BCUT2D eigenvalue weighted by Gasteiger charge is 2.27. The van der Waals surface area contributed by atoms with Crippen LogP contribution in [0.5, 0.6) is 0 Å². The number of likely N-dealkylation sites (tertiary alicyclic amines) is 1. The van der Waals surface area contributed by atoms with Crippen LogP contribution in [0.3, 0.4) is 0 Å². The third-order valence-corrected chi connectivity index (χ3v) is 9.39. The van der Waals surface area contributed by atoms with E-state index in [4.69, 9.17) is 0 Å². The molecule has 1 fully saturated rings. The first-order chi connectivity index (χ1) is 13.5. The van der Waals surface area contributed by atoms with Gasteiger partial charge in [-0.2, -0.15) is 0 Å². The molecule has 3 aromatic heterocycles. The van der Waals surface area contributed by atoms with Gasteiger partial charge in [0.05, 0.1) is 17.0 Å². The zero-order valence-electron chi connectivity index (χ0n) is 14.9. The van der Waals surface area contributed by atoms with Crippen molar-refractivity contribution in [3.63, 3.8) is 0 Å². The monoisotopic (exact) mass is 453 g/mol. The van der Waals surface area contributed by atoms with Gasteiger partial charge < -0.3 is 4.90 Å². The molecular formula is C18H19N3O3S4. The number of nitrogens with zero attached hydrogens (tertiary/aromatic N) is 2. The Kier molecular flexibility index (Phi) is 5.93. The first kappa shape index (κ1) is 19.7. The molecule has 0 saturated carbocycles. The van der Waals surface area contributed by atoms with Crippen LogP contribution in [0.25, 0.3) is 9.88 Å². The second-order valence-corrected chi connectivity index (χ2v) is 11.2. The molecule has 6 nitrogen and oxygen atoms in total. The molecule has 1 saturated heterocycles. The molecule has 1 aliphatic heterocycles. The molecule has 1 aliphatic rings. The lowest BCUT2D eigenvalue weighted by molar-refractivity contribution is -0.131. The van der Waals surface area contributed by atoms with Gasteiger partial charge in [0.1, 0.15) is 9.22 Å². The summed E-state index contributed by atoms with van der Waals surface area (Å²) in [5, 5.41) is 6.64. The van der Waals surface area contributed by atoms with Crippen LogP contribution in [0.2, 0.25) is 0 Å². The van der Waals surface area contributed by atoms with Gasteiger partial charge in [0.25, 0.3) is 0 Å². The summed E-state index contributed by atoms with van der Waals surface area (Å²) in [4.78, 5) is 20.1. The Hall–Kier alpha value is -1.59. The smallest absolute Gasteiger partial charge is 0.250 e. The summed E-state index contributed by atoms with van der Waals surface area (Å²) in [6, 6.07) is 7.20. The number of rotatable bonds is 6. The van der Waals surface area contributed by atoms with E-state index in [9.17, 15) is 13.2 Å². The van der Waals surface area contributed by atoms with Crippen LogP contribution in [0, 0.1) is 0 Å². The number of hydrogen-bond donors (Lipinski definition) is 1. The summed E-state index contributed by atoms with van der Waals surface area (Å²) in [5.74, 6) is 0.0441. The van der Waals surface area contributed by atoms with Crippen molar-refractivity contribution in [3.8, 4) is 9.88 Å². The summed E-state index contributed by atoms with van der Waals surface area (Å²) in [6.07, 6.45) is 1.52. The van der Waals surface area contributed by atoms with Crippen molar-refractivity contribution in [2.75, 3.05) is 13.1 Å².